The molecule has 1 heterocycles. The molecule has 0 saturated carbocycles. The second-order valence-electron chi connectivity index (χ2n) is 4.72. The summed E-state index contributed by atoms with van der Waals surface area (Å²) in [4.78, 5) is 4.17. The van der Waals surface area contributed by atoms with Crippen molar-refractivity contribution in [3.8, 4) is 0 Å². The zero-order chi connectivity index (χ0) is 10.3. The smallest absolute Gasteiger partial charge is 0.129 e. The average molecular weight is 191 g/mol. The van der Waals surface area contributed by atoms with Gasteiger partial charge in [0.15, 0.2) is 0 Å². The molecule has 0 fully saturated rings. The molecule has 0 aliphatic carbocycles. The van der Waals surface area contributed by atoms with Crippen molar-refractivity contribution in [1.29, 1.82) is 0 Å². The summed E-state index contributed by atoms with van der Waals surface area (Å²) in [6.07, 6.45) is 2.39. The Kier molecular flexibility index (Phi) is 1.95. The van der Waals surface area contributed by atoms with Gasteiger partial charge in [-0.05, 0) is 23.1 Å². The lowest BCUT2D eigenvalue weighted by Crippen LogP contribution is -2.11. The van der Waals surface area contributed by atoms with Crippen LogP contribution in [-0.4, -0.2) is 6.21 Å². The molecule has 1 aromatic carbocycles. The Morgan fingerprint density at radius 3 is 2.64 bits per heavy atom. The molecule has 1 aromatic rings. The number of hydrogen-bond acceptors (Lipinski definition) is 1. The van der Waals surface area contributed by atoms with Crippen LogP contribution in [-0.2, 0) is 11.8 Å². The highest BCUT2D eigenvalue weighted by atomic mass is 19.1. The number of aliphatic imine (C=N–C) groups is 1. The van der Waals surface area contributed by atoms with Crippen LogP contribution in [0.3, 0.4) is 0 Å². The lowest BCUT2D eigenvalue weighted by atomic mass is 9.86. The first-order valence-corrected chi connectivity index (χ1v) is 4.84. The Bertz CT molecular complexity index is 400. The van der Waals surface area contributed by atoms with Gasteiger partial charge in [0.1, 0.15) is 5.82 Å². The van der Waals surface area contributed by atoms with Gasteiger partial charge in [-0.2, -0.15) is 0 Å². The van der Waals surface area contributed by atoms with Gasteiger partial charge in [0.2, 0.25) is 0 Å². The van der Waals surface area contributed by atoms with E-state index in [1.54, 1.807) is 12.3 Å². The number of nitrogens with zero attached hydrogens (tertiary/aromatic N) is 1. The van der Waals surface area contributed by atoms with Crippen molar-refractivity contribution in [2.45, 2.75) is 32.6 Å². The molecule has 1 nitrogen and oxygen atoms in total. The van der Waals surface area contributed by atoms with Crippen LogP contribution in [0.1, 0.15) is 31.9 Å². The van der Waals surface area contributed by atoms with Crippen molar-refractivity contribution < 1.29 is 4.39 Å². The van der Waals surface area contributed by atoms with Crippen molar-refractivity contribution in [3.63, 3.8) is 0 Å². The maximum Gasteiger partial charge on any atom is 0.129 e. The summed E-state index contributed by atoms with van der Waals surface area (Å²) >= 11 is 0. The van der Waals surface area contributed by atoms with E-state index in [0.29, 0.717) is 6.42 Å². The van der Waals surface area contributed by atoms with Gasteiger partial charge in [-0.3, -0.25) is 4.99 Å². The van der Waals surface area contributed by atoms with Crippen molar-refractivity contribution >= 4 is 11.9 Å². The van der Waals surface area contributed by atoms with E-state index in [-0.39, 0.29) is 11.2 Å². The minimum Gasteiger partial charge on any atom is -0.260 e. The van der Waals surface area contributed by atoms with Crippen LogP contribution >= 0.6 is 0 Å². The van der Waals surface area contributed by atoms with Gasteiger partial charge in [0.05, 0.1) is 5.69 Å². The number of halogens is 1. The van der Waals surface area contributed by atoms with Crippen LogP contribution in [0.5, 0.6) is 0 Å². The van der Waals surface area contributed by atoms with E-state index >= 15 is 0 Å². The van der Waals surface area contributed by atoms with Gasteiger partial charge >= 0.3 is 0 Å². The van der Waals surface area contributed by atoms with E-state index in [2.05, 4.69) is 25.8 Å². The Balaban J connectivity index is 2.57. The Morgan fingerprint density at radius 1 is 1.29 bits per heavy atom. The van der Waals surface area contributed by atoms with Crippen molar-refractivity contribution in [1.82, 2.24) is 0 Å². The second-order valence-corrected chi connectivity index (χ2v) is 4.72. The largest absolute Gasteiger partial charge is 0.260 e. The summed E-state index contributed by atoms with van der Waals surface area (Å²) in [7, 11) is 0. The van der Waals surface area contributed by atoms with E-state index in [1.165, 1.54) is 0 Å². The fourth-order valence-electron chi connectivity index (χ4n) is 1.61. The summed E-state index contributed by atoms with van der Waals surface area (Å²) in [6, 6.07) is 3.62. The van der Waals surface area contributed by atoms with Gasteiger partial charge in [0.25, 0.3) is 0 Å². The third kappa shape index (κ3) is 1.45. The van der Waals surface area contributed by atoms with Crippen molar-refractivity contribution in [3.05, 3.63) is 29.1 Å². The Labute approximate surface area is 83.7 Å². The van der Waals surface area contributed by atoms with E-state index in [1.807, 2.05) is 6.07 Å². The topological polar surface area (TPSA) is 12.4 Å². The van der Waals surface area contributed by atoms with Crippen LogP contribution in [0.4, 0.5) is 10.1 Å². The third-order valence-electron chi connectivity index (χ3n) is 2.56. The number of benzene rings is 1. The van der Waals surface area contributed by atoms with Gasteiger partial charge in [-0.25, -0.2) is 4.39 Å². The van der Waals surface area contributed by atoms with Crippen LogP contribution < -0.4 is 0 Å². The van der Waals surface area contributed by atoms with Crippen molar-refractivity contribution in [2.24, 2.45) is 4.99 Å². The third-order valence-corrected chi connectivity index (χ3v) is 2.56. The number of fused-ring (bicyclic) bond motifs is 1. The molecule has 0 aromatic heterocycles. The summed E-state index contributed by atoms with van der Waals surface area (Å²) in [6.45, 7) is 6.23. The molecule has 14 heavy (non-hydrogen) atoms. The highest BCUT2D eigenvalue weighted by molar-refractivity contribution is 5.76. The van der Waals surface area contributed by atoms with Gasteiger partial charge in [-0.1, -0.05) is 20.8 Å². The maximum absolute atomic E-state index is 13.6. The normalized spacial score (nSPS) is 14.6. The Morgan fingerprint density at radius 2 is 2.00 bits per heavy atom. The molecule has 0 spiro atoms. The van der Waals surface area contributed by atoms with E-state index in [0.717, 1.165) is 16.8 Å². The quantitative estimate of drug-likeness (QED) is 0.596. The number of rotatable bonds is 0. The van der Waals surface area contributed by atoms with Crippen LogP contribution in [0, 0.1) is 5.82 Å². The highest BCUT2D eigenvalue weighted by Crippen LogP contribution is 2.33. The van der Waals surface area contributed by atoms with E-state index in [9.17, 15) is 4.39 Å². The maximum atomic E-state index is 13.6. The molecule has 2 rings (SSSR count). The predicted octanol–water partition coefficient (Wildman–Crippen LogP) is 3.38. The standard InChI is InChI=1S/C12H14FN/c1-12(2,3)8-6-10(13)9-4-5-14-11(9)7-8/h5-7H,4H2,1-3H3. The monoisotopic (exact) mass is 191 g/mol. The molecule has 0 N–H and O–H groups in total. The minimum atomic E-state index is -0.120. The second kappa shape index (κ2) is 2.91. The first kappa shape index (κ1) is 9.38. The zero-order valence-corrected chi connectivity index (χ0v) is 8.76. The molecular formula is C12H14FN. The van der Waals surface area contributed by atoms with Crippen LogP contribution in [0.2, 0.25) is 0 Å². The molecule has 0 amide bonds. The fraction of sp³-hybridized carbons (Fsp3) is 0.417. The molecule has 0 unspecified atom stereocenters. The van der Waals surface area contributed by atoms with Gasteiger partial charge in [-0.15, -0.1) is 0 Å². The molecule has 1 aliphatic rings. The Hall–Kier alpha value is -1.18. The number of hydrogen-bond donors (Lipinski definition) is 0. The van der Waals surface area contributed by atoms with Crippen LogP contribution in [0.25, 0.3) is 0 Å². The van der Waals surface area contributed by atoms with Crippen LogP contribution in [0.15, 0.2) is 17.1 Å². The highest BCUT2D eigenvalue weighted by Gasteiger charge is 2.19. The molecule has 74 valence electrons. The molecule has 1 aliphatic heterocycles. The minimum absolute atomic E-state index is 0.0199. The van der Waals surface area contributed by atoms with Gasteiger partial charge < -0.3 is 0 Å². The van der Waals surface area contributed by atoms with Gasteiger partial charge in [0, 0.05) is 18.2 Å². The summed E-state index contributed by atoms with van der Waals surface area (Å²) in [5.41, 5.74) is 2.52. The molecule has 0 bridgehead atoms. The first-order chi connectivity index (χ1) is 6.48. The van der Waals surface area contributed by atoms with E-state index < -0.39 is 0 Å². The zero-order valence-electron chi connectivity index (χ0n) is 8.76. The lowest BCUT2D eigenvalue weighted by Gasteiger charge is -2.19. The fourth-order valence-corrected chi connectivity index (χ4v) is 1.61. The average Bonchev–Trinajstić information content (AvgIpc) is 2.50. The van der Waals surface area contributed by atoms with E-state index in [4.69, 9.17) is 0 Å². The van der Waals surface area contributed by atoms with Crippen molar-refractivity contribution in [2.75, 3.05) is 0 Å². The molecule has 0 radical (unpaired) electrons. The molecule has 0 atom stereocenters. The predicted molar refractivity (Wildman–Crippen MR) is 57.0 cm³/mol. The SMILES string of the molecule is CC(C)(C)c1cc(F)c2c(c1)N=CC2. The molecule has 2 heteroatoms. The summed E-state index contributed by atoms with van der Waals surface area (Å²) < 4.78 is 13.6. The first-order valence-electron chi connectivity index (χ1n) is 4.84. The lowest BCUT2D eigenvalue weighted by molar-refractivity contribution is 0.569. The summed E-state index contributed by atoms with van der Waals surface area (Å²) in [5.74, 6) is -0.120. The molecular weight excluding hydrogens is 177 g/mol. The molecule has 0 saturated heterocycles. The summed E-state index contributed by atoms with van der Waals surface area (Å²) in [5, 5.41) is 0.